The molecule has 1 heterocycles. The zero-order chi connectivity index (χ0) is 27.6. The summed E-state index contributed by atoms with van der Waals surface area (Å²) in [7, 11) is 0. The summed E-state index contributed by atoms with van der Waals surface area (Å²) in [6.45, 7) is 0.703. The van der Waals surface area contributed by atoms with Gasteiger partial charge in [-0.25, -0.2) is 17.6 Å². The number of nitrogens with two attached hydrogens (primary N) is 1. The largest absolute Gasteiger partial charge is 0.394 e. The lowest BCUT2D eigenvalue weighted by molar-refractivity contribution is -0.134. The molecule has 3 aliphatic carbocycles. The quantitative estimate of drug-likeness (QED) is 0.225. The van der Waals surface area contributed by atoms with Gasteiger partial charge in [0.25, 0.3) is 0 Å². The second-order valence-electron chi connectivity index (χ2n) is 11.1. The summed E-state index contributed by atoms with van der Waals surface area (Å²) >= 11 is 0. The molecule has 12 heteroatoms. The van der Waals surface area contributed by atoms with Crippen LogP contribution in [0, 0.1) is 39.5 Å². The van der Waals surface area contributed by atoms with Crippen LogP contribution in [0.2, 0.25) is 0 Å². The lowest BCUT2D eigenvalue weighted by Crippen LogP contribution is -2.44. The molecular formula is C27H26F4N6O2. The number of anilines is 2. The van der Waals surface area contributed by atoms with Crippen molar-refractivity contribution in [3.8, 4) is 11.3 Å². The molecule has 3 aliphatic rings. The molecule has 6 rings (SSSR count). The minimum absolute atomic E-state index is 0.0427. The number of carbonyl (C=O) groups excluding carboxylic acids is 2. The number of nitrogen functional groups attached to an aromatic ring is 1. The molecule has 0 bridgehead atoms. The molecule has 0 aliphatic heterocycles. The van der Waals surface area contributed by atoms with Gasteiger partial charge in [-0.3, -0.25) is 14.3 Å². The van der Waals surface area contributed by atoms with Gasteiger partial charge in [0.05, 0.1) is 12.7 Å². The molecule has 3 aromatic rings. The fourth-order valence-corrected chi connectivity index (χ4v) is 5.95. The molecule has 8 nitrogen and oxygen atoms in total. The predicted molar refractivity (Wildman–Crippen MR) is 133 cm³/mol. The molecular weight excluding hydrogens is 516 g/mol. The summed E-state index contributed by atoms with van der Waals surface area (Å²) in [5.74, 6) is -4.82. The minimum Gasteiger partial charge on any atom is -0.394 e. The van der Waals surface area contributed by atoms with Crippen molar-refractivity contribution in [2.45, 2.75) is 45.1 Å². The number of carbonyl (C=O) groups is 2. The molecule has 2 amide bonds. The first-order valence-electron chi connectivity index (χ1n) is 12.8. The van der Waals surface area contributed by atoms with E-state index in [1.807, 2.05) is 0 Å². The summed E-state index contributed by atoms with van der Waals surface area (Å²) in [5.41, 5.74) is 3.05. The van der Waals surface area contributed by atoms with E-state index in [4.69, 9.17) is 5.73 Å². The lowest BCUT2D eigenvalue weighted by Gasteiger charge is -2.33. The van der Waals surface area contributed by atoms with Crippen LogP contribution in [0.3, 0.4) is 0 Å². The van der Waals surface area contributed by atoms with Gasteiger partial charge in [-0.2, -0.15) is 0 Å². The molecule has 2 aromatic carbocycles. The van der Waals surface area contributed by atoms with Crippen LogP contribution in [-0.2, 0) is 16.1 Å². The summed E-state index contributed by atoms with van der Waals surface area (Å²) in [4.78, 5) is 26.1. The van der Waals surface area contributed by atoms with Crippen molar-refractivity contribution in [2.24, 2.45) is 16.2 Å². The second kappa shape index (κ2) is 8.78. The monoisotopic (exact) mass is 542 g/mol. The first-order valence-corrected chi connectivity index (χ1v) is 12.8. The van der Waals surface area contributed by atoms with E-state index in [2.05, 4.69) is 20.9 Å². The first kappa shape index (κ1) is 25.3. The average molecular weight is 543 g/mol. The highest BCUT2D eigenvalue weighted by Crippen LogP contribution is 2.74. The number of nitrogens with zero attached hydrogens (tertiary/aromatic N) is 3. The normalized spacial score (nSPS) is 21.7. The third kappa shape index (κ3) is 4.12. The molecule has 1 aromatic heterocycles. The molecule has 1 atom stereocenters. The van der Waals surface area contributed by atoms with Crippen LogP contribution < -0.4 is 16.4 Å². The topological polar surface area (TPSA) is 115 Å². The zero-order valence-electron chi connectivity index (χ0n) is 20.9. The van der Waals surface area contributed by atoms with Crippen LogP contribution in [-0.4, -0.2) is 33.4 Å². The lowest BCUT2D eigenvalue weighted by atomic mass is 9.75. The van der Waals surface area contributed by atoms with Crippen molar-refractivity contribution < 1.29 is 27.2 Å². The van der Waals surface area contributed by atoms with Crippen LogP contribution in [0.25, 0.3) is 11.3 Å². The van der Waals surface area contributed by atoms with Crippen LogP contribution in [0.4, 0.5) is 28.9 Å². The Morgan fingerprint density at radius 2 is 1.64 bits per heavy atom. The Bertz CT molecular complexity index is 1460. The van der Waals surface area contributed by atoms with Gasteiger partial charge in [0.2, 0.25) is 11.8 Å². The average Bonchev–Trinajstić information content (AvgIpc) is 3.76. The summed E-state index contributed by atoms with van der Waals surface area (Å²) in [5, 5.41) is 13.4. The Kier molecular flexibility index (Phi) is 5.70. The van der Waals surface area contributed by atoms with Gasteiger partial charge in [-0.05, 0) is 61.8 Å². The molecule has 3 saturated carbocycles. The molecule has 0 saturated heterocycles. The highest BCUT2D eigenvalue weighted by atomic mass is 19.1. The van der Waals surface area contributed by atoms with E-state index in [-0.39, 0.29) is 41.5 Å². The second-order valence-corrected chi connectivity index (χ2v) is 11.1. The van der Waals surface area contributed by atoms with Gasteiger partial charge >= 0.3 is 0 Å². The van der Waals surface area contributed by atoms with Crippen LogP contribution in [0.1, 0.15) is 38.5 Å². The van der Waals surface area contributed by atoms with Crippen molar-refractivity contribution in [3.05, 3.63) is 59.8 Å². The molecule has 1 unspecified atom stereocenters. The third-order valence-corrected chi connectivity index (χ3v) is 8.77. The van der Waals surface area contributed by atoms with Gasteiger partial charge < -0.3 is 16.4 Å². The zero-order valence-corrected chi connectivity index (χ0v) is 20.9. The summed E-state index contributed by atoms with van der Waals surface area (Å²) < 4.78 is 57.5. The Morgan fingerprint density at radius 3 is 2.21 bits per heavy atom. The number of rotatable bonds is 8. The fourth-order valence-electron chi connectivity index (χ4n) is 5.95. The number of aromatic nitrogens is 3. The van der Waals surface area contributed by atoms with Crippen molar-refractivity contribution in [1.29, 1.82) is 0 Å². The Balaban J connectivity index is 1.15. The fraction of sp³-hybridized carbons (Fsp3) is 0.407. The third-order valence-electron chi connectivity index (χ3n) is 8.77. The van der Waals surface area contributed by atoms with Crippen molar-refractivity contribution >= 4 is 23.2 Å². The standard InChI is InChI=1S/C27H26F4N6O2/c28-16-3-1-4-17(29)22(16)34-24(39)27(7-8-27)23(38)33-13-26(12-25(26)5-2-6-25)14-37-11-20(35-36-37)15-9-18(30)21(32)19(31)10-15/h1,3-4,9-11H,2,5-8,12-14,32H2,(H,33,38)(H,34,39). The maximum Gasteiger partial charge on any atom is 0.240 e. The van der Waals surface area contributed by atoms with E-state index in [0.29, 0.717) is 6.54 Å². The highest BCUT2D eigenvalue weighted by molar-refractivity contribution is 6.13. The van der Waals surface area contributed by atoms with Crippen LogP contribution in [0.15, 0.2) is 36.5 Å². The van der Waals surface area contributed by atoms with E-state index in [0.717, 1.165) is 49.9 Å². The van der Waals surface area contributed by atoms with Gasteiger partial charge in [0.1, 0.15) is 45.8 Å². The van der Waals surface area contributed by atoms with Crippen molar-refractivity contribution in [2.75, 3.05) is 17.6 Å². The molecule has 39 heavy (non-hydrogen) atoms. The number of hydrogen-bond acceptors (Lipinski definition) is 5. The summed E-state index contributed by atoms with van der Waals surface area (Å²) in [6.07, 6.45) is 6.06. The number of amides is 2. The van der Waals surface area contributed by atoms with Gasteiger partial charge in [0, 0.05) is 17.5 Å². The van der Waals surface area contributed by atoms with Crippen molar-refractivity contribution in [1.82, 2.24) is 20.3 Å². The SMILES string of the molecule is Nc1c(F)cc(-c2cn(CC3(CNC(=O)C4(C(=O)Nc5c(F)cccc5F)CC4)CC34CCC4)nn2)cc1F. The van der Waals surface area contributed by atoms with E-state index in [1.54, 1.807) is 10.9 Å². The molecule has 4 N–H and O–H groups in total. The molecule has 204 valence electrons. The van der Waals surface area contributed by atoms with E-state index < -0.39 is 51.9 Å². The number of para-hydroxylation sites is 1. The molecule has 0 radical (unpaired) electrons. The highest BCUT2D eigenvalue weighted by Gasteiger charge is 2.69. The van der Waals surface area contributed by atoms with E-state index in [1.165, 1.54) is 6.07 Å². The van der Waals surface area contributed by atoms with Crippen molar-refractivity contribution in [3.63, 3.8) is 0 Å². The van der Waals surface area contributed by atoms with E-state index in [9.17, 15) is 27.2 Å². The minimum atomic E-state index is -1.37. The summed E-state index contributed by atoms with van der Waals surface area (Å²) in [6, 6.07) is 5.45. The van der Waals surface area contributed by atoms with Crippen LogP contribution in [0.5, 0.6) is 0 Å². The van der Waals surface area contributed by atoms with Gasteiger partial charge in [-0.1, -0.05) is 17.7 Å². The number of benzene rings is 2. The smallest absolute Gasteiger partial charge is 0.240 e. The van der Waals surface area contributed by atoms with E-state index >= 15 is 0 Å². The Labute approximate surface area is 220 Å². The maximum atomic E-state index is 14.0. The van der Waals surface area contributed by atoms with Gasteiger partial charge in [-0.15, -0.1) is 5.10 Å². The molecule has 1 spiro atoms. The first-order chi connectivity index (χ1) is 18.6. The molecule has 3 fully saturated rings. The Morgan fingerprint density at radius 1 is 0.974 bits per heavy atom. The number of hydrogen-bond donors (Lipinski definition) is 3. The van der Waals surface area contributed by atoms with Gasteiger partial charge in [0.15, 0.2) is 0 Å². The van der Waals surface area contributed by atoms with Crippen LogP contribution >= 0.6 is 0 Å². The number of nitrogens with one attached hydrogen (secondary N) is 2. The Hall–Kier alpha value is -3.96. The maximum absolute atomic E-state index is 14.0. The number of halogens is 4. The predicted octanol–water partition coefficient (Wildman–Crippen LogP) is 4.18.